The summed E-state index contributed by atoms with van der Waals surface area (Å²) in [5.74, 6) is 0.204. The highest BCUT2D eigenvalue weighted by Crippen LogP contribution is 2.36. The molecular formula is C24H34O6. The van der Waals surface area contributed by atoms with E-state index in [0.29, 0.717) is 23.1 Å². The van der Waals surface area contributed by atoms with E-state index in [1.54, 1.807) is 24.3 Å². The van der Waals surface area contributed by atoms with Crippen molar-refractivity contribution in [3.63, 3.8) is 0 Å². The van der Waals surface area contributed by atoms with Crippen molar-refractivity contribution >= 4 is 11.9 Å². The third kappa shape index (κ3) is 6.08. The standard InChI is InChI=1S/C24H34O6/c1-14(2)19-12-7-16(5)13-20(19)29-24(27)21(25)22(30-23(26)15(3)4)17-8-10-18(28-6)11-9-17/h8-11,14,16,19-22,25H,3,7,12-13H2,1-2,4-6H3. The Hall–Kier alpha value is -2.34. The average Bonchev–Trinajstić information content (AvgIpc) is 2.71. The summed E-state index contributed by atoms with van der Waals surface area (Å²) >= 11 is 0. The highest BCUT2D eigenvalue weighted by atomic mass is 16.6. The molecule has 1 aliphatic rings. The highest BCUT2D eigenvalue weighted by Gasteiger charge is 2.38. The van der Waals surface area contributed by atoms with E-state index in [0.717, 1.165) is 19.3 Å². The monoisotopic (exact) mass is 418 g/mol. The SMILES string of the molecule is C=C(C)C(=O)OC(c1ccc(OC)cc1)C(O)C(=O)OC1CC(C)CCC1C(C)C. The van der Waals surface area contributed by atoms with E-state index in [2.05, 4.69) is 27.4 Å². The first-order valence-electron chi connectivity index (χ1n) is 10.5. The first-order chi connectivity index (χ1) is 14.1. The van der Waals surface area contributed by atoms with Crippen LogP contribution < -0.4 is 4.74 Å². The van der Waals surface area contributed by atoms with Gasteiger partial charge in [0.05, 0.1) is 7.11 Å². The molecule has 0 saturated heterocycles. The van der Waals surface area contributed by atoms with Gasteiger partial charge in [-0.15, -0.1) is 0 Å². The van der Waals surface area contributed by atoms with Crippen molar-refractivity contribution in [2.24, 2.45) is 17.8 Å². The maximum Gasteiger partial charge on any atom is 0.339 e. The minimum atomic E-state index is -1.65. The molecule has 5 unspecified atom stereocenters. The van der Waals surface area contributed by atoms with E-state index in [1.165, 1.54) is 14.0 Å². The number of ether oxygens (including phenoxy) is 3. The first kappa shape index (κ1) is 23.9. The summed E-state index contributed by atoms with van der Waals surface area (Å²) in [4.78, 5) is 25.0. The summed E-state index contributed by atoms with van der Waals surface area (Å²) < 4.78 is 16.3. The van der Waals surface area contributed by atoms with Crippen LogP contribution in [0.4, 0.5) is 0 Å². The fraction of sp³-hybridized carbons (Fsp3) is 0.583. The van der Waals surface area contributed by atoms with Gasteiger partial charge in [-0.2, -0.15) is 0 Å². The molecule has 0 spiro atoms. The zero-order valence-electron chi connectivity index (χ0n) is 18.6. The molecule has 166 valence electrons. The smallest absolute Gasteiger partial charge is 0.339 e. The predicted molar refractivity (Wildman–Crippen MR) is 114 cm³/mol. The second-order valence-electron chi connectivity index (χ2n) is 8.63. The van der Waals surface area contributed by atoms with Gasteiger partial charge in [-0.25, -0.2) is 9.59 Å². The molecule has 30 heavy (non-hydrogen) atoms. The van der Waals surface area contributed by atoms with Crippen LogP contribution in [0.5, 0.6) is 5.75 Å². The van der Waals surface area contributed by atoms with E-state index < -0.39 is 24.1 Å². The molecule has 0 amide bonds. The maximum absolute atomic E-state index is 12.9. The average molecular weight is 419 g/mol. The molecule has 0 bridgehead atoms. The zero-order valence-corrected chi connectivity index (χ0v) is 18.6. The molecule has 1 aromatic rings. The summed E-state index contributed by atoms with van der Waals surface area (Å²) in [6.45, 7) is 11.5. The third-order valence-corrected chi connectivity index (χ3v) is 5.78. The van der Waals surface area contributed by atoms with Gasteiger partial charge in [0, 0.05) is 5.57 Å². The molecule has 0 aliphatic heterocycles. The zero-order chi connectivity index (χ0) is 22.4. The van der Waals surface area contributed by atoms with Crippen molar-refractivity contribution in [1.82, 2.24) is 0 Å². The number of aliphatic hydroxyl groups is 1. The van der Waals surface area contributed by atoms with Crippen molar-refractivity contribution in [3.8, 4) is 5.75 Å². The Morgan fingerprint density at radius 2 is 1.80 bits per heavy atom. The van der Waals surface area contributed by atoms with Crippen molar-refractivity contribution in [1.29, 1.82) is 0 Å². The normalized spacial score (nSPS) is 23.4. The molecular weight excluding hydrogens is 384 g/mol. The van der Waals surface area contributed by atoms with Crippen molar-refractivity contribution in [3.05, 3.63) is 42.0 Å². The van der Waals surface area contributed by atoms with Crippen LogP contribution in [0.25, 0.3) is 0 Å². The van der Waals surface area contributed by atoms with Crippen molar-refractivity contribution < 1.29 is 28.9 Å². The number of rotatable bonds is 8. The summed E-state index contributed by atoms with van der Waals surface area (Å²) in [7, 11) is 1.54. The van der Waals surface area contributed by atoms with E-state index in [9.17, 15) is 14.7 Å². The topological polar surface area (TPSA) is 82.1 Å². The summed E-state index contributed by atoms with van der Waals surface area (Å²) in [5, 5.41) is 10.8. The third-order valence-electron chi connectivity index (χ3n) is 5.78. The van der Waals surface area contributed by atoms with Crippen LogP contribution in [-0.4, -0.2) is 36.4 Å². The molecule has 0 aromatic heterocycles. The van der Waals surface area contributed by atoms with Crippen molar-refractivity contribution in [2.75, 3.05) is 7.11 Å². The van der Waals surface area contributed by atoms with Crippen LogP contribution in [0.1, 0.15) is 58.6 Å². The molecule has 2 rings (SSSR count). The van der Waals surface area contributed by atoms with Gasteiger partial charge in [-0.3, -0.25) is 0 Å². The van der Waals surface area contributed by atoms with Gasteiger partial charge in [0.25, 0.3) is 0 Å². The van der Waals surface area contributed by atoms with Crippen LogP contribution >= 0.6 is 0 Å². The second-order valence-corrected chi connectivity index (χ2v) is 8.63. The Morgan fingerprint density at radius 3 is 2.33 bits per heavy atom. The van der Waals surface area contributed by atoms with Crippen LogP contribution in [0.15, 0.2) is 36.4 Å². The molecule has 5 atom stereocenters. The van der Waals surface area contributed by atoms with E-state index in [-0.39, 0.29) is 17.6 Å². The minimum absolute atomic E-state index is 0.176. The molecule has 0 radical (unpaired) electrons. The van der Waals surface area contributed by atoms with Gasteiger partial charge in [-0.1, -0.05) is 45.9 Å². The Bertz CT molecular complexity index is 739. The van der Waals surface area contributed by atoms with Crippen LogP contribution in [-0.2, 0) is 19.1 Å². The van der Waals surface area contributed by atoms with Gasteiger partial charge < -0.3 is 19.3 Å². The minimum Gasteiger partial charge on any atom is -0.497 e. The lowest BCUT2D eigenvalue weighted by Gasteiger charge is -2.37. The number of aliphatic hydroxyl groups excluding tert-OH is 1. The van der Waals surface area contributed by atoms with E-state index >= 15 is 0 Å². The molecule has 1 N–H and O–H groups in total. The molecule has 1 fully saturated rings. The summed E-state index contributed by atoms with van der Waals surface area (Å²) in [6.07, 6.45) is -0.258. The van der Waals surface area contributed by atoms with Gasteiger partial charge in [0.2, 0.25) is 0 Å². The fourth-order valence-electron chi connectivity index (χ4n) is 3.92. The predicted octanol–water partition coefficient (Wildman–Crippen LogP) is 4.22. The van der Waals surface area contributed by atoms with E-state index in [1.807, 2.05) is 0 Å². The molecule has 1 aliphatic carbocycles. The number of hydrogen-bond donors (Lipinski definition) is 1. The number of hydrogen-bond acceptors (Lipinski definition) is 6. The lowest BCUT2D eigenvalue weighted by molar-refractivity contribution is -0.177. The number of methoxy groups -OCH3 is 1. The number of benzene rings is 1. The Kier molecular flexibility index (Phi) is 8.47. The van der Waals surface area contributed by atoms with Crippen molar-refractivity contribution in [2.45, 2.75) is 65.3 Å². The molecule has 0 heterocycles. The maximum atomic E-state index is 12.9. The molecule has 1 saturated carbocycles. The quantitative estimate of drug-likeness (QED) is 0.503. The Balaban J connectivity index is 2.22. The van der Waals surface area contributed by atoms with Crippen LogP contribution in [0, 0.1) is 17.8 Å². The Morgan fingerprint density at radius 1 is 1.17 bits per heavy atom. The van der Waals surface area contributed by atoms with Crippen LogP contribution in [0.3, 0.4) is 0 Å². The second kappa shape index (κ2) is 10.6. The number of carbonyl (C=O) groups is 2. The summed E-state index contributed by atoms with van der Waals surface area (Å²) in [6, 6.07) is 6.63. The lowest BCUT2D eigenvalue weighted by atomic mass is 9.75. The van der Waals surface area contributed by atoms with Gasteiger partial charge in [0.15, 0.2) is 12.2 Å². The Labute approximate surface area is 179 Å². The lowest BCUT2D eigenvalue weighted by Crippen LogP contribution is -2.40. The number of carbonyl (C=O) groups excluding carboxylic acids is 2. The molecule has 6 nitrogen and oxygen atoms in total. The highest BCUT2D eigenvalue weighted by molar-refractivity contribution is 5.87. The first-order valence-corrected chi connectivity index (χ1v) is 10.5. The molecule has 1 aromatic carbocycles. The number of esters is 2. The largest absolute Gasteiger partial charge is 0.497 e. The fourth-order valence-corrected chi connectivity index (χ4v) is 3.92. The van der Waals surface area contributed by atoms with Gasteiger partial charge in [-0.05, 0) is 55.2 Å². The van der Waals surface area contributed by atoms with Gasteiger partial charge in [0.1, 0.15) is 11.9 Å². The van der Waals surface area contributed by atoms with Gasteiger partial charge >= 0.3 is 11.9 Å². The molecule has 6 heteroatoms. The summed E-state index contributed by atoms with van der Waals surface area (Å²) in [5.41, 5.74) is 0.641. The van der Waals surface area contributed by atoms with E-state index in [4.69, 9.17) is 14.2 Å². The van der Waals surface area contributed by atoms with Crippen LogP contribution in [0.2, 0.25) is 0 Å².